The van der Waals surface area contributed by atoms with Crippen LogP contribution in [-0.2, 0) is 35.3 Å². The van der Waals surface area contributed by atoms with Crippen molar-refractivity contribution in [1.82, 2.24) is 10.6 Å². The Hall–Kier alpha value is -2.94. The van der Waals surface area contributed by atoms with E-state index in [1.54, 1.807) is 52.0 Å². The number of rotatable bonds is 15. The summed E-state index contributed by atoms with van der Waals surface area (Å²) < 4.78 is 5.30. The second-order valence-electron chi connectivity index (χ2n) is 10.8. The van der Waals surface area contributed by atoms with Crippen molar-refractivity contribution < 1.29 is 28.7 Å². The Morgan fingerprint density at radius 3 is 2.13 bits per heavy atom. The third-order valence-corrected chi connectivity index (χ3v) is 6.01. The molecule has 2 atom stereocenters. The maximum atomic E-state index is 12.9. The molecule has 0 saturated heterocycles. The molecule has 0 aliphatic heterocycles. The van der Waals surface area contributed by atoms with E-state index in [-0.39, 0.29) is 60.7 Å². The normalized spacial score (nSPS) is 12.8. The number of nitrogens with one attached hydrogen (secondary N) is 3. The molecule has 0 aliphatic carbocycles. The number of ketones is 1. The molecule has 3 amide bonds. The molecule has 212 valence electrons. The van der Waals surface area contributed by atoms with Gasteiger partial charge in [-0.3, -0.25) is 24.0 Å². The number of carbonyl (C=O) groups is 5. The van der Waals surface area contributed by atoms with Crippen molar-refractivity contribution in [1.29, 1.82) is 0 Å². The molecule has 38 heavy (non-hydrogen) atoms. The van der Waals surface area contributed by atoms with Gasteiger partial charge in [-0.25, -0.2) is 0 Å². The van der Waals surface area contributed by atoms with Crippen LogP contribution in [0.3, 0.4) is 0 Å². The molecule has 0 saturated carbocycles. The monoisotopic (exact) mass is 551 g/mol. The number of unbranched alkanes of at least 4 members (excludes halogenated alkanes) is 1. The number of amides is 3. The fraction of sp³-hybridized carbons (Fsp3) is 0.607. The van der Waals surface area contributed by atoms with Crippen LogP contribution in [0.5, 0.6) is 0 Å². The number of halogens is 1. The van der Waals surface area contributed by atoms with E-state index >= 15 is 0 Å². The molecule has 0 bridgehead atoms. The summed E-state index contributed by atoms with van der Waals surface area (Å²) in [6.45, 7) is 11.3. The molecule has 1 aromatic rings. The molecule has 9 nitrogen and oxygen atoms in total. The van der Waals surface area contributed by atoms with Crippen LogP contribution in [0.2, 0.25) is 0 Å². The van der Waals surface area contributed by atoms with Crippen LogP contribution in [0.15, 0.2) is 24.3 Å². The molecule has 0 spiro atoms. The zero-order valence-corrected chi connectivity index (χ0v) is 24.1. The number of Topliss-reactive ketones (excluding diaryl/α,β-unsaturated/α-hetero) is 1. The van der Waals surface area contributed by atoms with Gasteiger partial charge in [0.05, 0.1) is 11.5 Å². The van der Waals surface area contributed by atoms with E-state index in [1.165, 1.54) is 0 Å². The highest BCUT2D eigenvalue weighted by Gasteiger charge is 2.27. The van der Waals surface area contributed by atoms with E-state index in [9.17, 15) is 24.0 Å². The molecule has 1 rings (SSSR count). The van der Waals surface area contributed by atoms with E-state index in [2.05, 4.69) is 16.0 Å². The van der Waals surface area contributed by atoms with Crippen LogP contribution in [0.4, 0.5) is 5.69 Å². The molecule has 3 N–H and O–H groups in total. The lowest BCUT2D eigenvalue weighted by atomic mass is 9.92. The van der Waals surface area contributed by atoms with Gasteiger partial charge in [-0.05, 0) is 57.2 Å². The summed E-state index contributed by atoms with van der Waals surface area (Å²) in [7, 11) is 0. The van der Waals surface area contributed by atoms with E-state index in [1.807, 2.05) is 13.8 Å². The third kappa shape index (κ3) is 12.5. The van der Waals surface area contributed by atoms with Gasteiger partial charge in [0.15, 0.2) is 5.78 Å². The Bertz CT molecular complexity index is 956. The minimum absolute atomic E-state index is 0.0136. The molecule has 10 heteroatoms. The second kappa shape index (κ2) is 16.1. The average Bonchev–Trinajstić information content (AvgIpc) is 2.85. The smallest absolute Gasteiger partial charge is 0.311 e. The van der Waals surface area contributed by atoms with Crippen LogP contribution in [-0.4, -0.2) is 47.9 Å². The molecule has 0 aliphatic rings. The molecule has 0 aromatic heterocycles. The fourth-order valence-electron chi connectivity index (χ4n) is 3.39. The molecule has 1 unspecified atom stereocenters. The predicted molar refractivity (Wildman–Crippen MR) is 147 cm³/mol. The highest BCUT2D eigenvalue weighted by atomic mass is 35.5. The summed E-state index contributed by atoms with van der Waals surface area (Å²) in [6, 6.07) is 6.26. The maximum absolute atomic E-state index is 12.9. The van der Waals surface area contributed by atoms with Crippen molar-refractivity contribution >= 4 is 46.8 Å². The summed E-state index contributed by atoms with van der Waals surface area (Å²) in [6.07, 6.45) is 1.40. The lowest BCUT2D eigenvalue weighted by Gasteiger charge is -2.23. The van der Waals surface area contributed by atoms with Crippen LogP contribution < -0.4 is 16.0 Å². The molecule has 0 heterocycles. The summed E-state index contributed by atoms with van der Waals surface area (Å²) in [4.78, 5) is 61.0. The predicted octanol–water partition coefficient (Wildman–Crippen LogP) is 3.98. The van der Waals surface area contributed by atoms with Crippen LogP contribution in [0, 0.1) is 17.3 Å². The molecular weight excluding hydrogens is 510 g/mol. The van der Waals surface area contributed by atoms with Crippen LogP contribution in [0.25, 0.3) is 0 Å². The van der Waals surface area contributed by atoms with Crippen molar-refractivity contribution in [2.24, 2.45) is 17.3 Å². The second-order valence-corrected chi connectivity index (χ2v) is 11.1. The van der Waals surface area contributed by atoms with Gasteiger partial charge in [0.1, 0.15) is 12.5 Å². The first kappa shape index (κ1) is 33.1. The Labute approximate surface area is 230 Å². The topological polar surface area (TPSA) is 131 Å². The van der Waals surface area contributed by atoms with Gasteiger partial charge in [0, 0.05) is 31.0 Å². The number of ether oxygens (including phenoxy) is 1. The van der Waals surface area contributed by atoms with E-state index < -0.39 is 17.4 Å². The largest absolute Gasteiger partial charge is 0.460 e. The Morgan fingerprint density at radius 1 is 0.947 bits per heavy atom. The van der Waals surface area contributed by atoms with E-state index in [4.69, 9.17) is 16.3 Å². The van der Waals surface area contributed by atoms with Gasteiger partial charge in [-0.1, -0.05) is 32.9 Å². The Balaban J connectivity index is 2.54. The zero-order valence-electron chi connectivity index (χ0n) is 23.3. The van der Waals surface area contributed by atoms with E-state index in [0.717, 1.165) is 5.56 Å². The number of hydrogen-bond donors (Lipinski definition) is 3. The number of alkyl halides is 1. The maximum Gasteiger partial charge on any atom is 0.311 e. The number of benzene rings is 1. The average molecular weight is 552 g/mol. The first-order chi connectivity index (χ1) is 17.7. The zero-order chi connectivity index (χ0) is 28.9. The summed E-state index contributed by atoms with van der Waals surface area (Å²) in [5.74, 6) is -2.14. The van der Waals surface area contributed by atoms with Crippen LogP contribution >= 0.6 is 11.6 Å². The van der Waals surface area contributed by atoms with Crippen molar-refractivity contribution in [3.05, 3.63) is 29.8 Å². The summed E-state index contributed by atoms with van der Waals surface area (Å²) in [5.41, 5.74) is 0.777. The first-order valence-corrected chi connectivity index (χ1v) is 13.5. The third-order valence-electron chi connectivity index (χ3n) is 5.76. The minimum Gasteiger partial charge on any atom is -0.460 e. The van der Waals surface area contributed by atoms with Crippen molar-refractivity contribution in [2.75, 3.05) is 17.7 Å². The number of hydrogen-bond acceptors (Lipinski definition) is 6. The van der Waals surface area contributed by atoms with Crippen molar-refractivity contribution in [3.63, 3.8) is 0 Å². The molecule has 0 fully saturated rings. The van der Waals surface area contributed by atoms with Gasteiger partial charge in [-0.2, -0.15) is 0 Å². The van der Waals surface area contributed by atoms with Gasteiger partial charge >= 0.3 is 5.97 Å². The number of anilines is 1. The van der Waals surface area contributed by atoms with E-state index in [0.29, 0.717) is 25.1 Å². The quantitative estimate of drug-likeness (QED) is 0.172. The lowest BCUT2D eigenvalue weighted by molar-refractivity contribution is -0.154. The summed E-state index contributed by atoms with van der Waals surface area (Å²) >= 11 is 5.42. The van der Waals surface area contributed by atoms with Gasteiger partial charge < -0.3 is 20.7 Å². The lowest BCUT2D eigenvalue weighted by Crippen LogP contribution is -2.45. The molecular formula is C28H42ClN3O6. The standard InChI is InChI=1S/C28H42ClN3O6/c1-18(2)25(32-23(34)9-7-8-14-30-24(35)16-29)22(33)15-19(3)26(36)31-21-12-10-20(11-13-21)17-38-27(37)28(4,5)6/h10-13,18-19,25H,7-9,14-17H2,1-6H3,(H,30,35)(H,31,36)(H,32,34)/t19-,25?/m1/s1. The van der Waals surface area contributed by atoms with Gasteiger partial charge in [-0.15, -0.1) is 11.6 Å². The molecule has 0 radical (unpaired) electrons. The van der Waals surface area contributed by atoms with Gasteiger partial charge in [0.25, 0.3) is 0 Å². The number of carbonyl (C=O) groups excluding carboxylic acids is 5. The highest BCUT2D eigenvalue weighted by Crippen LogP contribution is 2.18. The Kier molecular flexibility index (Phi) is 14.0. The highest BCUT2D eigenvalue weighted by molar-refractivity contribution is 6.27. The first-order valence-electron chi connectivity index (χ1n) is 13.0. The molecule has 1 aromatic carbocycles. The summed E-state index contributed by atoms with van der Waals surface area (Å²) in [5, 5.41) is 8.23. The fourth-order valence-corrected chi connectivity index (χ4v) is 3.48. The number of esters is 1. The van der Waals surface area contributed by atoms with Gasteiger partial charge in [0.2, 0.25) is 17.7 Å². The Morgan fingerprint density at radius 2 is 1.58 bits per heavy atom. The SMILES string of the molecule is CC(C)C(NC(=O)CCCCNC(=O)CCl)C(=O)C[C@@H](C)C(=O)Nc1ccc(COC(=O)C(C)(C)C)cc1. The van der Waals surface area contributed by atoms with Crippen LogP contribution in [0.1, 0.15) is 72.8 Å². The minimum atomic E-state index is -0.691. The van der Waals surface area contributed by atoms with Crippen molar-refractivity contribution in [3.8, 4) is 0 Å². The van der Waals surface area contributed by atoms with Crippen molar-refractivity contribution in [2.45, 2.75) is 79.9 Å².